The van der Waals surface area contributed by atoms with E-state index in [1.807, 2.05) is 7.05 Å². The van der Waals surface area contributed by atoms with Gasteiger partial charge in [-0.3, -0.25) is 5.10 Å². The van der Waals surface area contributed by atoms with E-state index in [2.05, 4.69) is 40.6 Å². The SMILES string of the molecule is CNCc1n[nH]c(C)c1-c1ccc2c(c1)CCCO2. The predicted molar refractivity (Wildman–Crippen MR) is 75.3 cm³/mol. The van der Waals surface area contributed by atoms with Gasteiger partial charge in [0, 0.05) is 17.8 Å². The van der Waals surface area contributed by atoms with Crippen LogP contribution < -0.4 is 10.1 Å². The molecular weight excluding hydrogens is 238 g/mol. The van der Waals surface area contributed by atoms with Gasteiger partial charge in [-0.2, -0.15) is 5.10 Å². The van der Waals surface area contributed by atoms with E-state index in [0.29, 0.717) is 0 Å². The van der Waals surface area contributed by atoms with Gasteiger partial charge in [-0.05, 0) is 50.1 Å². The molecule has 4 heteroatoms. The molecule has 1 aliphatic rings. The normalized spacial score (nSPS) is 14.0. The van der Waals surface area contributed by atoms with Crippen LogP contribution in [0.3, 0.4) is 0 Å². The Bertz CT molecular complexity index is 589. The summed E-state index contributed by atoms with van der Waals surface area (Å²) in [4.78, 5) is 0. The Hall–Kier alpha value is -1.81. The first-order valence-electron chi connectivity index (χ1n) is 6.74. The van der Waals surface area contributed by atoms with Crippen molar-refractivity contribution in [1.29, 1.82) is 0 Å². The van der Waals surface area contributed by atoms with Crippen LogP contribution in [-0.2, 0) is 13.0 Å². The van der Waals surface area contributed by atoms with Crippen molar-refractivity contribution < 1.29 is 4.74 Å². The number of hydrogen-bond donors (Lipinski definition) is 2. The average Bonchev–Trinajstić information content (AvgIpc) is 2.80. The zero-order valence-electron chi connectivity index (χ0n) is 11.4. The highest BCUT2D eigenvalue weighted by atomic mass is 16.5. The maximum Gasteiger partial charge on any atom is 0.122 e. The Morgan fingerprint density at radius 1 is 1.42 bits per heavy atom. The number of ether oxygens (including phenoxy) is 1. The van der Waals surface area contributed by atoms with Gasteiger partial charge in [0.15, 0.2) is 0 Å². The second-order valence-corrected chi connectivity index (χ2v) is 4.98. The number of hydrogen-bond acceptors (Lipinski definition) is 3. The number of nitrogens with zero attached hydrogens (tertiary/aromatic N) is 1. The molecule has 2 aromatic rings. The molecule has 2 heterocycles. The standard InChI is InChI=1S/C15H19N3O/c1-10-15(13(9-16-2)18-17-10)12-5-6-14-11(8-12)4-3-7-19-14/h5-6,8,16H,3-4,7,9H2,1-2H3,(H,17,18). The molecule has 0 saturated heterocycles. The number of rotatable bonds is 3. The first-order valence-corrected chi connectivity index (χ1v) is 6.74. The van der Waals surface area contributed by atoms with Gasteiger partial charge in [-0.25, -0.2) is 0 Å². The van der Waals surface area contributed by atoms with E-state index < -0.39 is 0 Å². The van der Waals surface area contributed by atoms with Crippen LogP contribution in [0.25, 0.3) is 11.1 Å². The van der Waals surface area contributed by atoms with Gasteiger partial charge in [0.25, 0.3) is 0 Å². The van der Waals surface area contributed by atoms with E-state index in [4.69, 9.17) is 4.74 Å². The highest BCUT2D eigenvalue weighted by Crippen LogP contribution is 2.32. The van der Waals surface area contributed by atoms with Crippen molar-refractivity contribution in [3.05, 3.63) is 35.2 Å². The third-order valence-electron chi connectivity index (χ3n) is 3.56. The zero-order valence-corrected chi connectivity index (χ0v) is 11.4. The maximum atomic E-state index is 5.67. The third-order valence-corrected chi connectivity index (χ3v) is 3.56. The number of nitrogens with one attached hydrogen (secondary N) is 2. The number of H-pyrrole nitrogens is 1. The zero-order chi connectivity index (χ0) is 13.2. The fraction of sp³-hybridized carbons (Fsp3) is 0.400. The Morgan fingerprint density at radius 3 is 3.16 bits per heavy atom. The minimum absolute atomic E-state index is 0.771. The summed E-state index contributed by atoms with van der Waals surface area (Å²) >= 11 is 0. The summed E-state index contributed by atoms with van der Waals surface area (Å²) in [5, 5.41) is 10.6. The lowest BCUT2D eigenvalue weighted by Gasteiger charge is -2.18. The van der Waals surface area contributed by atoms with Crippen LogP contribution in [0.4, 0.5) is 0 Å². The summed E-state index contributed by atoms with van der Waals surface area (Å²) in [5.41, 5.74) is 5.92. The van der Waals surface area contributed by atoms with Gasteiger partial charge in [0.1, 0.15) is 5.75 Å². The highest BCUT2D eigenvalue weighted by Gasteiger charge is 2.15. The molecule has 0 atom stereocenters. The molecule has 3 rings (SSSR count). The van der Waals surface area contributed by atoms with Crippen LogP contribution in [0.5, 0.6) is 5.75 Å². The van der Waals surface area contributed by atoms with E-state index in [0.717, 1.165) is 43.1 Å². The lowest BCUT2D eigenvalue weighted by atomic mass is 9.97. The Morgan fingerprint density at radius 2 is 2.32 bits per heavy atom. The van der Waals surface area contributed by atoms with E-state index in [9.17, 15) is 0 Å². The molecule has 0 aliphatic carbocycles. The van der Waals surface area contributed by atoms with Crippen molar-refractivity contribution >= 4 is 0 Å². The molecule has 0 unspecified atom stereocenters. The minimum atomic E-state index is 0.771. The Kier molecular flexibility index (Phi) is 3.25. The predicted octanol–water partition coefficient (Wildman–Crippen LogP) is 2.43. The number of aromatic nitrogens is 2. The van der Waals surface area contributed by atoms with E-state index in [1.54, 1.807) is 0 Å². The van der Waals surface area contributed by atoms with E-state index in [-0.39, 0.29) is 0 Å². The highest BCUT2D eigenvalue weighted by molar-refractivity contribution is 5.70. The summed E-state index contributed by atoms with van der Waals surface area (Å²) in [5.74, 6) is 1.03. The lowest BCUT2D eigenvalue weighted by molar-refractivity contribution is 0.288. The largest absolute Gasteiger partial charge is 0.493 e. The molecule has 0 bridgehead atoms. The van der Waals surface area contributed by atoms with Crippen molar-refractivity contribution in [3.8, 4) is 16.9 Å². The molecule has 0 radical (unpaired) electrons. The van der Waals surface area contributed by atoms with Crippen LogP contribution in [0.15, 0.2) is 18.2 Å². The number of aryl methyl sites for hydroxylation is 2. The summed E-state index contributed by atoms with van der Waals surface area (Å²) in [6.07, 6.45) is 2.20. The van der Waals surface area contributed by atoms with Gasteiger partial charge in [0.2, 0.25) is 0 Å². The van der Waals surface area contributed by atoms with Crippen molar-refractivity contribution in [2.45, 2.75) is 26.3 Å². The molecule has 100 valence electrons. The molecule has 4 nitrogen and oxygen atoms in total. The quantitative estimate of drug-likeness (QED) is 0.888. The van der Waals surface area contributed by atoms with Crippen LogP contribution in [0.2, 0.25) is 0 Å². The van der Waals surface area contributed by atoms with Crippen LogP contribution in [-0.4, -0.2) is 23.9 Å². The topological polar surface area (TPSA) is 49.9 Å². The third kappa shape index (κ3) is 2.24. The lowest BCUT2D eigenvalue weighted by Crippen LogP contribution is -2.09. The van der Waals surface area contributed by atoms with Gasteiger partial charge >= 0.3 is 0 Å². The number of benzene rings is 1. The molecular formula is C15H19N3O. The molecule has 0 amide bonds. The van der Waals surface area contributed by atoms with Crippen molar-refractivity contribution in [2.24, 2.45) is 0 Å². The van der Waals surface area contributed by atoms with E-state index in [1.165, 1.54) is 16.7 Å². The molecule has 0 saturated carbocycles. The van der Waals surface area contributed by atoms with Gasteiger partial charge in [0.05, 0.1) is 12.3 Å². The van der Waals surface area contributed by atoms with Gasteiger partial charge < -0.3 is 10.1 Å². The summed E-state index contributed by atoms with van der Waals surface area (Å²) in [6, 6.07) is 6.45. The minimum Gasteiger partial charge on any atom is -0.493 e. The van der Waals surface area contributed by atoms with Crippen molar-refractivity contribution in [3.63, 3.8) is 0 Å². The second kappa shape index (κ2) is 5.05. The Labute approximate surface area is 113 Å². The average molecular weight is 257 g/mol. The molecule has 19 heavy (non-hydrogen) atoms. The summed E-state index contributed by atoms with van der Waals surface area (Å²) in [6.45, 7) is 3.67. The molecule has 0 spiro atoms. The fourth-order valence-corrected chi connectivity index (χ4v) is 2.67. The Balaban J connectivity index is 2.04. The smallest absolute Gasteiger partial charge is 0.122 e. The monoisotopic (exact) mass is 257 g/mol. The van der Waals surface area contributed by atoms with Gasteiger partial charge in [-0.1, -0.05) is 6.07 Å². The summed E-state index contributed by atoms with van der Waals surface area (Å²) in [7, 11) is 1.94. The van der Waals surface area contributed by atoms with Crippen LogP contribution in [0.1, 0.15) is 23.4 Å². The summed E-state index contributed by atoms with van der Waals surface area (Å²) < 4.78 is 5.67. The van der Waals surface area contributed by atoms with Gasteiger partial charge in [-0.15, -0.1) is 0 Å². The second-order valence-electron chi connectivity index (χ2n) is 4.98. The molecule has 1 aliphatic heterocycles. The maximum absolute atomic E-state index is 5.67. The van der Waals surface area contributed by atoms with E-state index >= 15 is 0 Å². The van der Waals surface area contributed by atoms with Crippen molar-refractivity contribution in [2.75, 3.05) is 13.7 Å². The van der Waals surface area contributed by atoms with Crippen molar-refractivity contribution in [1.82, 2.24) is 15.5 Å². The molecule has 2 N–H and O–H groups in total. The molecule has 0 fully saturated rings. The van der Waals surface area contributed by atoms with Crippen LogP contribution in [0, 0.1) is 6.92 Å². The first-order chi connectivity index (χ1) is 9.29. The molecule has 1 aromatic heterocycles. The number of fused-ring (bicyclic) bond motifs is 1. The number of aromatic amines is 1. The van der Waals surface area contributed by atoms with Crippen LogP contribution >= 0.6 is 0 Å². The first kappa shape index (κ1) is 12.2. The fourth-order valence-electron chi connectivity index (χ4n) is 2.67. The molecule has 1 aromatic carbocycles.